The Morgan fingerprint density at radius 2 is 1.76 bits per heavy atom. The molecule has 0 heterocycles. The maximum absolute atomic E-state index is 12.9. The third-order valence-electron chi connectivity index (χ3n) is 6.96. The third-order valence-corrected chi connectivity index (χ3v) is 7.69. The summed E-state index contributed by atoms with van der Waals surface area (Å²) in [6.07, 6.45) is 4.07. The van der Waals surface area contributed by atoms with Crippen molar-refractivity contribution in [3.63, 3.8) is 0 Å². The van der Waals surface area contributed by atoms with Crippen molar-refractivity contribution < 1.29 is 23.1 Å². The standard InChI is InChI=1S/C26H30F2N2O3S/c1-15(22-14-17-7-8-18(22)13-17)29-24(31)16(2)33-25(32)21-5-3-4-6-23(21)30-19-9-11-20(12-10-19)34-26(27)28/h3-6,9-12,15-18,22,26,30H,7-8,13-14H2,1-2H3,(H,29,31)/t15-,16+,17+,18+,22+/m0/s1. The smallest absolute Gasteiger partial charge is 0.341 e. The van der Waals surface area contributed by atoms with E-state index in [0.29, 0.717) is 39.9 Å². The molecule has 1 amide bonds. The zero-order valence-corrected chi connectivity index (χ0v) is 20.1. The monoisotopic (exact) mass is 488 g/mol. The average Bonchev–Trinajstić information content (AvgIpc) is 3.44. The van der Waals surface area contributed by atoms with Gasteiger partial charge in [0.05, 0.1) is 11.3 Å². The summed E-state index contributed by atoms with van der Waals surface area (Å²) in [7, 11) is 0. The van der Waals surface area contributed by atoms with Crippen LogP contribution >= 0.6 is 11.8 Å². The van der Waals surface area contributed by atoms with Gasteiger partial charge in [0.25, 0.3) is 11.7 Å². The molecule has 4 rings (SSSR count). The predicted molar refractivity (Wildman–Crippen MR) is 129 cm³/mol. The number of ether oxygens (including phenoxy) is 1. The summed E-state index contributed by atoms with van der Waals surface area (Å²) in [5, 5.41) is 6.17. The van der Waals surface area contributed by atoms with Crippen molar-refractivity contribution in [2.24, 2.45) is 17.8 Å². The van der Waals surface area contributed by atoms with Gasteiger partial charge in [0.15, 0.2) is 6.10 Å². The van der Waals surface area contributed by atoms with Crippen molar-refractivity contribution in [1.29, 1.82) is 0 Å². The average molecular weight is 489 g/mol. The second-order valence-electron chi connectivity index (χ2n) is 9.26. The van der Waals surface area contributed by atoms with E-state index in [-0.39, 0.29) is 17.5 Å². The van der Waals surface area contributed by atoms with Crippen LogP contribution < -0.4 is 10.6 Å². The van der Waals surface area contributed by atoms with Crippen LogP contribution in [-0.4, -0.2) is 29.8 Å². The molecule has 0 aliphatic heterocycles. The quantitative estimate of drug-likeness (QED) is 0.323. The lowest BCUT2D eigenvalue weighted by molar-refractivity contribution is -0.130. The Balaban J connectivity index is 1.35. The first-order valence-electron chi connectivity index (χ1n) is 11.7. The van der Waals surface area contributed by atoms with E-state index >= 15 is 0 Å². The molecule has 2 aromatic rings. The number of carbonyl (C=O) groups excluding carboxylic acids is 2. The number of amides is 1. The Bertz CT molecular complexity index is 1020. The second kappa shape index (κ2) is 10.8. The van der Waals surface area contributed by atoms with Crippen molar-refractivity contribution in [1.82, 2.24) is 5.32 Å². The first-order valence-corrected chi connectivity index (χ1v) is 12.6. The first-order chi connectivity index (χ1) is 16.3. The molecular weight excluding hydrogens is 458 g/mol. The van der Waals surface area contributed by atoms with Crippen LogP contribution in [0.1, 0.15) is 49.9 Å². The molecule has 0 unspecified atom stereocenters. The molecule has 2 bridgehead atoms. The number of hydrogen-bond donors (Lipinski definition) is 2. The lowest BCUT2D eigenvalue weighted by Crippen LogP contribution is -2.45. The molecule has 0 spiro atoms. The number of carbonyl (C=O) groups is 2. The van der Waals surface area contributed by atoms with E-state index in [1.807, 2.05) is 6.92 Å². The largest absolute Gasteiger partial charge is 0.449 e. The summed E-state index contributed by atoms with van der Waals surface area (Å²) < 4.78 is 30.5. The number of benzene rings is 2. The van der Waals surface area contributed by atoms with Crippen molar-refractivity contribution in [3.8, 4) is 0 Å². The Labute approximate surface area is 203 Å². The van der Waals surface area contributed by atoms with Gasteiger partial charge in [0.1, 0.15) is 0 Å². The van der Waals surface area contributed by atoms with E-state index in [0.717, 1.165) is 5.92 Å². The van der Waals surface area contributed by atoms with E-state index in [4.69, 9.17) is 4.74 Å². The Hall–Kier alpha value is -2.61. The highest BCUT2D eigenvalue weighted by Gasteiger charge is 2.42. The molecule has 2 N–H and O–H groups in total. The number of fused-ring (bicyclic) bond motifs is 2. The van der Waals surface area contributed by atoms with Crippen LogP contribution in [0.15, 0.2) is 53.4 Å². The van der Waals surface area contributed by atoms with Crippen LogP contribution in [0.3, 0.4) is 0 Å². The molecule has 0 aromatic heterocycles. The third kappa shape index (κ3) is 5.90. The van der Waals surface area contributed by atoms with E-state index in [1.54, 1.807) is 55.5 Å². The summed E-state index contributed by atoms with van der Waals surface area (Å²) >= 11 is 0.473. The Morgan fingerprint density at radius 1 is 1.03 bits per heavy atom. The van der Waals surface area contributed by atoms with E-state index in [2.05, 4.69) is 10.6 Å². The SMILES string of the molecule is C[C@H](NC(=O)[C@@H](C)OC(=O)c1ccccc1Nc1ccc(SC(F)F)cc1)[C@H]1C[C@@H]2CC[C@@H]1C2. The predicted octanol–water partition coefficient (Wildman–Crippen LogP) is 6.23. The molecule has 2 aliphatic carbocycles. The zero-order chi connectivity index (χ0) is 24.2. The van der Waals surface area contributed by atoms with Crippen molar-refractivity contribution >= 4 is 35.0 Å². The second-order valence-corrected chi connectivity index (χ2v) is 10.3. The molecule has 2 aromatic carbocycles. The number of esters is 1. The van der Waals surface area contributed by atoms with Gasteiger partial charge < -0.3 is 15.4 Å². The van der Waals surface area contributed by atoms with Crippen LogP contribution in [-0.2, 0) is 9.53 Å². The maximum Gasteiger partial charge on any atom is 0.341 e. The minimum atomic E-state index is -2.48. The number of anilines is 2. The minimum absolute atomic E-state index is 0.0594. The molecule has 2 fully saturated rings. The highest BCUT2D eigenvalue weighted by Crippen LogP contribution is 2.49. The number of nitrogens with one attached hydrogen (secondary N) is 2. The fourth-order valence-electron chi connectivity index (χ4n) is 5.28. The number of rotatable bonds is 9. The normalized spacial score (nSPS) is 22.9. The number of halogens is 2. The van der Waals surface area contributed by atoms with E-state index in [1.165, 1.54) is 25.7 Å². The van der Waals surface area contributed by atoms with Crippen LogP contribution in [0.5, 0.6) is 0 Å². The first kappa shape index (κ1) is 24.5. The van der Waals surface area contributed by atoms with Gasteiger partial charge in [0, 0.05) is 16.6 Å². The lowest BCUT2D eigenvalue weighted by Gasteiger charge is -2.29. The molecule has 2 saturated carbocycles. The Morgan fingerprint density at radius 3 is 2.41 bits per heavy atom. The van der Waals surface area contributed by atoms with Gasteiger partial charge in [-0.15, -0.1) is 0 Å². The zero-order valence-electron chi connectivity index (χ0n) is 19.3. The molecule has 0 saturated heterocycles. The maximum atomic E-state index is 12.9. The van der Waals surface area contributed by atoms with Crippen molar-refractivity contribution in [2.75, 3.05) is 5.32 Å². The van der Waals surface area contributed by atoms with Crippen molar-refractivity contribution in [2.45, 2.75) is 62.3 Å². The molecule has 2 aliphatic rings. The van der Waals surface area contributed by atoms with Gasteiger partial charge in [-0.25, -0.2) is 4.79 Å². The highest BCUT2D eigenvalue weighted by atomic mass is 32.2. The van der Waals surface area contributed by atoms with Crippen LogP contribution in [0.25, 0.3) is 0 Å². The topological polar surface area (TPSA) is 67.4 Å². The molecule has 8 heteroatoms. The lowest BCUT2D eigenvalue weighted by atomic mass is 9.84. The number of para-hydroxylation sites is 1. The summed E-state index contributed by atoms with van der Waals surface area (Å²) in [6.45, 7) is 3.62. The van der Waals surface area contributed by atoms with Crippen LogP contribution in [0, 0.1) is 17.8 Å². The number of hydrogen-bond acceptors (Lipinski definition) is 5. The summed E-state index contributed by atoms with van der Waals surface area (Å²) in [6, 6.07) is 13.4. The number of alkyl halides is 2. The van der Waals surface area contributed by atoms with Gasteiger partial charge in [-0.1, -0.05) is 30.3 Å². The number of thioether (sulfide) groups is 1. The van der Waals surface area contributed by atoms with Gasteiger partial charge in [-0.05, 0) is 87.3 Å². The molecule has 5 atom stereocenters. The van der Waals surface area contributed by atoms with Crippen LogP contribution in [0.4, 0.5) is 20.2 Å². The molecule has 0 radical (unpaired) electrons. The van der Waals surface area contributed by atoms with E-state index < -0.39 is 17.8 Å². The molecule has 5 nitrogen and oxygen atoms in total. The summed E-state index contributed by atoms with van der Waals surface area (Å²) in [5.74, 6) is -1.39. The fraction of sp³-hybridized carbons (Fsp3) is 0.462. The van der Waals surface area contributed by atoms with Crippen LogP contribution in [0.2, 0.25) is 0 Å². The molecular formula is C26H30F2N2O3S. The van der Waals surface area contributed by atoms with E-state index in [9.17, 15) is 18.4 Å². The summed E-state index contributed by atoms with van der Waals surface area (Å²) in [4.78, 5) is 26.0. The van der Waals surface area contributed by atoms with Gasteiger partial charge >= 0.3 is 5.97 Å². The van der Waals surface area contributed by atoms with Gasteiger partial charge in [-0.3, -0.25) is 4.79 Å². The highest BCUT2D eigenvalue weighted by molar-refractivity contribution is 7.99. The minimum Gasteiger partial charge on any atom is -0.449 e. The van der Waals surface area contributed by atoms with Gasteiger partial charge in [0.2, 0.25) is 0 Å². The van der Waals surface area contributed by atoms with Crippen molar-refractivity contribution in [3.05, 3.63) is 54.1 Å². The molecule has 182 valence electrons. The molecule has 34 heavy (non-hydrogen) atoms. The summed E-state index contributed by atoms with van der Waals surface area (Å²) in [5.41, 5.74) is 1.43. The Kier molecular flexibility index (Phi) is 7.76. The fourth-order valence-corrected chi connectivity index (χ4v) is 5.78. The van der Waals surface area contributed by atoms with Gasteiger partial charge in [-0.2, -0.15) is 8.78 Å².